The first-order valence-corrected chi connectivity index (χ1v) is 6.45. The van der Waals surface area contributed by atoms with Crippen molar-refractivity contribution in [2.75, 3.05) is 0 Å². The summed E-state index contributed by atoms with van der Waals surface area (Å²) in [4.78, 5) is 4.33. The van der Waals surface area contributed by atoms with Gasteiger partial charge in [-0.2, -0.15) is 5.10 Å². The van der Waals surface area contributed by atoms with Crippen molar-refractivity contribution >= 4 is 15.9 Å². The molecule has 4 N–H and O–H groups in total. The number of aromatic amines is 1. The Hall–Kier alpha value is -1.40. The van der Waals surface area contributed by atoms with Gasteiger partial charge in [-0.05, 0) is 24.1 Å². The van der Waals surface area contributed by atoms with Gasteiger partial charge < -0.3 is 10.8 Å². The maximum absolute atomic E-state index is 9.80. The Bertz CT molecular complexity index is 553. The van der Waals surface area contributed by atoms with E-state index < -0.39 is 0 Å². The lowest BCUT2D eigenvalue weighted by atomic mass is 10.1. The van der Waals surface area contributed by atoms with Crippen LogP contribution in [-0.2, 0) is 0 Å². The number of hydrogen-bond donors (Lipinski definition) is 3. The summed E-state index contributed by atoms with van der Waals surface area (Å²) in [5.41, 5.74) is 6.56. The first-order chi connectivity index (χ1) is 8.49. The second-order valence-corrected chi connectivity index (χ2v) is 5.39. The molecule has 0 radical (unpaired) electrons. The fourth-order valence-electron chi connectivity index (χ4n) is 1.55. The molecule has 0 bridgehead atoms. The number of hydrogen-bond acceptors (Lipinski definition) is 4. The molecule has 1 aromatic heterocycles. The summed E-state index contributed by atoms with van der Waals surface area (Å²) < 4.78 is 0.856. The number of aromatic hydroxyl groups is 1. The molecule has 0 aliphatic heterocycles. The zero-order chi connectivity index (χ0) is 13.3. The molecular formula is C12H15BrN4O. The van der Waals surface area contributed by atoms with Gasteiger partial charge in [-0.15, -0.1) is 0 Å². The number of nitrogens with zero attached hydrogens (tertiary/aromatic N) is 2. The van der Waals surface area contributed by atoms with E-state index in [1.165, 1.54) is 0 Å². The second-order valence-electron chi connectivity index (χ2n) is 4.48. The molecule has 0 saturated carbocycles. The van der Waals surface area contributed by atoms with Crippen LogP contribution < -0.4 is 5.73 Å². The molecule has 0 aliphatic carbocycles. The molecule has 5 nitrogen and oxygen atoms in total. The van der Waals surface area contributed by atoms with Crippen molar-refractivity contribution < 1.29 is 5.11 Å². The summed E-state index contributed by atoms with van der Waals surface area (Å²) in [6, 6.07) is 4.92. The second kappa shape index (κ2) is 5.07. The lowest BCUT2D eigenvalue weighted by Gasteiger charge is -2.11. The average molecular weight is 311 g/mol. The molecule has 0 amide bonds. The number of halogens is 1. The fourth-order valence-corrected chi connectivity index (χ4v) is 1.91. The lowest BCUT2D eigenvalue weighted by Crippen LogP contribution is -2.18. The highest BCUT2D eigenvalue weighted by Gasteiger charge is 2.17. The van der Waals surface area contributed by atoms with Crippen LogP contribution in [0.2, 0.25) is 0 Å². The Morgan fingerprint density at radius 1 is 1.39 bits per heavy atom. The van der Waals surface area contributed by atoms with Crippen LogP contribution in [0, 0.1) is 5.92 Å². The van der Waals surface area contributed by atoms with E-state index in [2.05, 4.69) is 31.1 Å². The van der Waals surface area contributed by atoms with Gasteiger partial charge in [0.05, 0.1) is 11.6 Å². The zero-order valence-electron chi connectivity index (χ0n) is 10.2. The summed E-state index contributed by atoms with van der Waals surface area (Å²) in [6.45, 7) is 4.03. The van der Waals surface area contributed by atoms with Crippen molar-refractivity contribution in [2.24, 2.45) is 11.7 Å². The minimum absolute atomic E-state index is 0.141. The smallest absolute Gasteiger partial charge is 0.184 e. The van der Waals surface area contributed by atoms with Gasteiger partial charge in [-0.25, -0.2) is 4.98 Å². The summed E-state index contributed by atoms with van der Waals surface area (Å²) in [5, 5.41) is 16.7. The van der Waals surface area contributed by atoms with Crippen molar-refractivity contribution in [3.05, 3.63) is 28.5 Å². The number of benzene rings is 1. The van der Waals surface area contributed by atoms with Gasteiger partial charge in [0, 0.05) is 4.47 Å². The third-order valence-corrected chi connectivity index (χ3v) is 3.23. The Kier molecular flexibility index (Phi) is 3.68. The molecule has 2 rings (SSSR count). The van der Waals surface area contributed by atoms with E-state index in [-0.39, 0.29) is 17.7 Å². The molecule has 0 unspecified atom stereocenters. The van der Waals surface area contributed by atoms with E-state index in [0.717, 1.165) is 4.47 Å². The summed E-state index contributed by atoms with van der Waals surface area (Å²) >= 11 is 3.35. The summed E-state index contributed by atoms with van der Waals surface area (Å²) in [7, 11) is 0. The SMILES string of the molecule is CC(C)[C@@H](N)c1nc(-c2cc(Br)ccc2O)n[nH]1. The van der Waals surface area contributed by atoms with Gasteiger partial charge in [0.1, 0.15) is 11.6 Å². The van der Waals surface area contributed by atoms with Crippen LogP contribution in [0.1, 0.15) is 25.7 Å². The number of nitrogens with one attached hydrogen (secondary N) is 1. The first-order valence-electron chi connectivity index (χ1n) is 5.66. The number of H-pyrrole nitrogens is 1. The molecular weight excluding hydrogens is 296 g/mol. The van der Waals surface area contributed by atoms with E-state index in [0.29, 0.717) is 17.2 Å². The first kappa shape index (κ1) is 13.0. The van der Waals surface area contributed by atoms with Crippen LogP contribution in [0.3, 0.4) is 0 Å². The maximum atomic E-state index is 9.80. The normalized spacial score (nSPS) is 12.9. The third-order valence-electron chi connectivity index (χ3n) is 2.74. The predicted octanol–water partition coefficient (Wildman–Crippen LogP) is 2.60. The number of nitrogens with two attached hydrogens (primary N) is 1. The molecule has 1 atom stereocenters. The van der Waals surface area contributed by atoms with Crippen LogP contribution in [0.4, 0.5) is 0 Å². The largest absolute Gasteiger partial charge is 0.507 e. The van der Waals surface area contributed by atoms with Crippen LogP contribution in [0.5, 0.6) is 5.75 Å². The number of phenolic OH excluding ortho intramolecular Hbond substituents is 1. The highest BCUT2D eigenvalue weighted by atomic mass is 79.9. The van der Waals surface area contributed by atoms with Crippen molar-refractivity contribution in [3.8, 4) is 17.1 Å². The van der Waals surface area contributed by atoms with E-state index in [9.17, 15) is 5.11 Å². The Balaban J connectivity index is 2.38. The molecule has 96 valence electrons. The minimum Gasteiger partial charge on any atom is -0.507 e. The van der Waals surface area contributed by atoms with Gasteiger partial charge in [-0.1, -0.05) is 29.8 Å². The monoisotopic (exact) mass is 310 g/mol. The van der Waals surface area contributed by atoms with Crippen LogP contribution in [-0.4, -0.2) is 20.3 Å². The highest BCUT2D eigenvalue weighted by Crippen LogP contribution is 2.30. The van der Waals surface area contributed by atoms with Gasteiger partial charge in [0.2, 0.25) is 0 Å². The van der Waals surface area contributed by atoms with E-state index >= 15 is 0 Å². The molecule has 0 spiro atoms. The van der Waals surface area contributed by atoms with E-state index in [4.69, 9.17) is 5.73 Å². The van der Waals surface area contributed by atoms with Crippen LogP contribution in [0.15, 0.2) is 22.7 Å². The highest BCUT2D eigenvalue weighted by molar-refractivity contribution is 9.10. The topological polar surface area (TPSA) is 87.8 Å². The van der Waals surface area contributed by atoms with Gasteiger partial charge >= 0.3 is 0 Å². The van der Waals surface area contributed by atoms with Crippen LogP contribution in [0.25, 0.3) is 11.4 Å². The van der Waals surface area contributed by atoms with Crippen LogP contribution >= 0.6 is 15.9 Å². The minimum atomic E-state index is -0.194. The molecule has 6 heteroatoms. The van der Waals surface area contributed by atoms with Crippen molar-refractivity contribution in [2.45, 2.75) is 19.9 Å². The lowest BCUT2D eigenvalue weighted by molar-refractivity contribution is 0.476. The quantitative estimate of drug-likeness (QED) is 0.813. The van der Waals surface area contributed by atoms with Gasteiger partial charge in [-0.3, -0.25) is 5.10 Å². The Labute approximate surface area is 114 Å². The zero-order valence-corrected chi connectivity index (χ0v) is 11.8. The van der Waals surface area contributed by atoms with Crippen molar-refractivity contribution in [1.82, 2.24) is 15.2 Å². The van der Waals surface area contributed by atoms with Crippen molar-refractivity contribution in [1.29, 1.82) is 0 Å². The van der Waals surface area contributed by atoms with E-state index in [1.54, 1.807) is 18.2 Å². The Morgan fingerprint density at radius 2 is 2.11 bits per heavy atom. The standard InChI is InChI=1S/C12H15BrN4O/c1-6(2)10(14)12-15-11(16-17-12)8-5-7(13)3-4-9(8)18/h3-6,10,18H,14H2,1-2H3,(H,15,16,17)/t10-/m1/s1. The number of rotatable bonds is 3. The number of aromatic nitrogens is 3. The van der Waals surface area contributed by atoms with Crippen molar-refractivity contribution in [3.63, 3.8) is 0 Å². The summed E-state index contributed by atoms with van der Waals surface area (Å²) in [5.74, 6) is 1.48. The molecule has 0 saturated heterocycles. The Morgan fingerprint density at radius 3 is 2.78 bits per heavy atom. The van der Waals surface area contributed by atoms with Gasteiger partial charge in [0.25, 0.3) is 0 Å². The molecule has 2 aromatic rings. The third kappa shape index (κ3) is 2.54. The molecule has 0 fully saturated rings. The van der Waals surface area contributed by atoms with E-state index in [1.807, 2.05) is 13.8 Å². The molecule has 1 aromatic carbocycles. The molecule has 0 aliphatic rings. The average Bonchev–Trinajstić information content (AvgIpc) is 2.80. The number of phenols is 1. The molecule has 18 heavy (non-hydrogen) atoms. The summed E-state index contributed by atoms with van der Waals surface area (Å²) in [6.07, 6.45) is 0. The maximum Gasteiger partial charge on any atom is 0.184 e. The fraction of sp³-hybridized carbons (Fsp3) is 0.333. The molecule has 1 heterocycles. The predicted molar refractivity (Wildman–Crippen MR) is 72.9 cm³/mol. The van der Waals surface area contributed by atoms with Gasteiger partial charge in [0.15, 0.2) is 5.82 Å².